The predicted octanol–water partition coefficient (Wildman–Crippen LogP) is 3.90. The fourth-order valence-corrected chi connectivity index (χ4v) is 3.98. The van der Waals surface area contributed by atoms with Gasteiger partial charge >= 0.3 is 0 Å². The van der Waals surface area contributed by atoms with Gasteiger partial charge in [-0.1, -0.05) is 48.9 Å². The SMILES string of the molecule is CCC(NC(=O)CSCc1ccc(C)cc1)c1ccc(S(C)(=O)=O)cc1. The Kier molecular flexibility index (Phi) is 7.29. The molecule has 0 aliphatic rings. The van der Waals surface area contributed by atoms with Crippen molar-refractivity contribution < 1.29 is 13.2 Å². The molecular formula is C20H25NO3S2. The van der Waals surface area contributed by atoms with Crippen LogP contribution in [0.25, 0.3) is 0 Å². The van der Waals surface area contributed by atoms with Crippen LogP contribution >= 0.6 is 11.8 Å². The summed E-state index contributed by atoms with van der Waals surface area (Å²) in [6, 6.07) is 14.9. The molecule has 2 aromatic rings. The summed E-state index contributed by atoms with van der Waals surface area (Å²) < 4.78 is 23.1. The van der Waals surface area contributed by atoms with Gasteiger partial charge in [0.25, 0.3) is 0 Å². The summed E-state index contributed by atoms with van der Waals surface area (Å²) >= 11 is 1.58. The van der Waals surface area contributed by atoms with Crippen molar-refractivity contribution in [2.24, 2.45) is 0 Å². The first-order valence-corrected chi connectivity index (χ1v) is 11.6. The van der Waals surface area contributed by atoms with Gasteiger partial charge in [-0.25, -0.2) is 8.42 Å². The van der Waals surface area contributed by atoms with Crippen LogP contribution in [0.15, 0.2) is 53.4 Å². The molecule has 0 saturated carbocycles. The Balaban J connectivity index is 1.88. The van der Waals surface area contributed by atoms with Crippen LogP contribution < -0.4 is 5.32 Å². The molecule has 2 rings (SSSR count). The maximum atomic E-state index is 12.2. The highest BCUT2D eigenvalue weighted by molar-refractivity contribution is 7.99. The van der Waals surface area contributed by atoms with Crippen molar-refractivity contribution >= 4 is 27.5 Å². The molecule has 1 N–H and O–H groups in total. The van der Waals surface area contributed by atoms with E-state index in [-0.39, 0.29) is 16.8 Å². The molecule has 0 aliphatic heterocycles. The second-order valence-corrected chi connectivity index (χ2v) is 9.35. The lowest BCUT2D eigenvalue weighted by atomic mass is 10.0. The summed E-state index contributed by atoms with van der Waals surface area (Å²) in [6.45, 7) is 4.05. The van der Waals surface area contributed by atoms with Crippen LogP contribution in [0.3, 0.4) is 0 Å². The van der Waals surface area contributed by atoms with Gasteiger partial charge in [0.05, 0.1) is 16.7 Å². The van der Waals surface area contributed by atoms with E-state index in [0.29, 0.717) is 5.75 Å². The summed E-state index contributed by atoms with van der Waals surface area (Å²) in [6.07, 6.45) is 1.93. The third kappa shape index (κ3) is 6.18. The van der Waals surface area contributed by atoms with Gasteiger partial charge in [-0.2, -0.15) is 0 Å². The number of carbonyl (C=O) groups excluding carboxylic acids is 1. The van der Waals surface area contributed by atoms with Gasteiger partial charge in [0, 0.05) is 12.0 Å². The first kappa shape index (κ1) is 20.5. The van der Waals surface area contributed by atoms with E-state index in [2.05, 4.69) is 36.5 Å². The Morgan fingerprint density at radius 1 is 1.08 bits per heavy atom. The first-order valence-electron chi connectivity index (χ1n) is 8.52. The fourth-order valence-electron chi connectivity index (χ4n) is 2.55. The summed E-state index contributed by atoms with van der Waals surface area (Å²) in [7, 11) is -3.21. The normalized spacial score (nSPS) is 12.6. The van der Waals surface area contributed by atoms with E-state index < -0.39 is 9.84 Å². The third-order valence-electron chi connectivity index (χ3n) is 4.08. The molecule has 1 unspecified atom stereocenters. The Labute approximate surface area is 160 Å². The van der Waals surface area contributed by atoms with Crippen molar-refractivity contribution in [1.82, 2.24) is 5.32 Å². The lowest BCUT2D eigenvalue weighted by Gasteiger charge is -2.17. The number of aryl methyl sites for hydroxylation is 1. The highest BCUT2D eigenvalue weighted by atomic mass is 32.2. The lowest BCUT2D eigenvalue weighted by Crippen LogP contribution is -2.29. The van der Waals surface area contributed by atoms with E-state index in [0.717, 1.165) is 17.7 Å². The van der Waals surface area contributed by atoms with Gasteiger partial charge in [0.15, 0.2) is 9.84 Å². The molecule has 140 valence electrons. The molecule has 0 spiro atoms. The third-order valence-corrected chi connectivity index (χ3v) is 6.21. The van der Waals surface area contributed by atoms with Crippen LogP contribution in [-0.4, -0.2) is 26.3 Å². The summed E-state index contributed by atoms with van der Waals surface area (Å²) in [4.78, 5) is 12.5. The molecule has 4 nitrogen and oxygen atoms in total. The number of nitrogens with one attached hydrogen (secondary N) is 1. The number of benzene rings is 2. The Hall–Kier alpha value is -1.79. The van der Waals surface area contributed by atoms with E-state index in [9.17, 15) is 13.2 Å². The Bertz CT molecular complexity index is 828. The van der Waals surface area contributed by atoms with E-state index in [1.165, 1.54) is 17.4 Å². The predicted molar refractivity (Wildman–Crippen MR) is 108 cm³/mol. The number of thioether (sulfide) groups is 1. The van der Waals surface area contributed by atoms with Crippen molar-refractivity contribution in [2.75, 3.05) is 12.0 Å². The second-order valence-electron chi connectivity index (χ2n) is 6.35. The highest BCUT2D eigenvalue weighted by Crippen LogP contribution is 2.20. The molecule has 0 saturated heterocycles. The van der Waals surface area contributed by atoms with E-state index >= 15 is 0 Å². The molecule has 1 amide bonds. The minimum absolute atomic E-state index is 0.0128. The van der Waals surface area contributed by atoms with E-state index in [1.54, 1.807) is 36.0 Å². The molecule has 0 aliphatic carbocycles. The van der Waals surface area contributed by atoms with Crippen LogP contribution in [0.5, 0.6) is 0 Å². The van der Waals surface area contributed by atoms with Crippen LogP contribution in [0.2, 0.25) is 0 Å². The molecule has 6 heteroatoms. The maximum Gasteiger partial charge on any atom is 0.230 e. The number of hydrogen-bond acceptors (Lipinski definition) is 4. The van der Waals surface area contributed by atoms with Gasteiger partial charge < -0.3 is 5.32 Å². The molecule has 26 heavy (non-hydrogen) atoms. The van der Waals surface area contributed by atoms with Crippen LogP contribution in [0.4, 0.5) is 0 Å². The Morgan fingerprint density at radius 3 is 2.23 bits per heavy atom. The van der Waals surface area contributed by atoms with Gasteiger partial charge in [0.1, 0.15) is 0 Å². The molecule has 0 heterocycles. The van der Waals surface area contributed by atoms with E-state index in [1.807, 2.05) is 6.92 Å². The Morgan fingerprint density at radius 2 is 1.69 bits per heavy atom. The van der Waals surface area contributed by atoms with Gasteiger partial charge in [-0.05, 0) is 36.6 Å². The molecule has 2 aromatic carbocycles. The van der Waals surface area contributed by atoms with Gasteiger partial charge in [-0.3, -0.25) is 4.79 Å². The summed E-state index contributed by atoms with van der Waals surface area (Å²) in [5.74, 6) is 1.18. The first-order chi connectivity index (χ1) is 12.3. The fraction of sp³-hybridized carbons (Fsp3) is 0.350. The molecule has 0 radical (unpaired) electrons. The zero-order valence-electron chi connectivity index (χ0n) is 15.4. The zero-order chi connectivity index (χ0) is 19.2. The monoisotopic (exact) mass is 391 g/mol. The molecule has 0 fully saturated rings. The minimum atomic E-state index is -3.21. The van der Waals surface area contributed by atoms with Crippen molar-refractivity contribution in [1.29, 1.82) is 0 Å². The van der Waals surface area contributed by atoms with Crippen LogP contribution in [0, 0.1) is 6.92 Å². The molecule has 0 aromatic heterocycles. The zero-order valence-corrected chi connectivity index (χ0v) is 17.0. The second kappa shape index (κ2) is 9.24. The quantitative estimate of drug-likeness (QED) is 0.741. The summed E-state index contributed by atoms with van der Waals surface area (Å²) in [5.41, 5.74) is 3.35. The molecule has 0 bridgehead atoms. The average molecular weight is 392 g/mol. The highest BCUT2D eigenvalue weighted by Gasteiger charge is 2.14. The average Bonchev–Trinajstić information content (AvgIpc) is 2.61. The standard InChI is InChI=1S/C20H25NO3S2/c1-4-19(17-9-11-18(12-10-17)26(3,23)24)21-20(22)14-25-13-16-7-5-15(2)6-8-16/h5-12,19H,4,13-14H2,1-3H3,(H,21,22). The molecule has 1 atom stereocenters. The topological polar surface area (TPSA) is 63.2 Å². The number of rotatable bonds is 8. The number of carbonyl (C=O) groups is 1. The largest absolute Gasteiger partial charge is 0.349 e. The van der Waals surface area contributed by atoms with Crippen molar-refractivity contribution in [3.05, 3.63) is 65.2 Å². The minimum Gasteiger partial charge on any atom is -0.349 e. The van der Waals surface area contributed by atoms with E-state index in [4.69, 9.17) is 0 Å². The smallest absolute Gasteiger partial charge is 0.230 e. The van der Waals surface area contributed by atoms with Gasteiger partial charge in [0.2, 0.25) is 5.91 Å². The number of hydrogen-bond donors (Lipinski definition) is 1. The number of amides is 1. The van der Waals surface area contributed by atoms with Crippen molar-refractivity contribution in [3.8, 4) is 0 Å². The number of sulfone groups is 1. The lowest BCUT2D eigenvalue weighted by molar-refractivity contribution is -0.119. The maximum absolute atomic E-state index is 12.2. The van der Waals surface area contributed by atoms with Crippen LogP contribution in [0.1, 0.15) is 36.1 Å². The summed E-state index contributed by atoms with van der Waals surface area (Å²) in [5, 5.41) is 3.03. The van der Waals surface area contributed by atoms with Crippen molar-refractivity contribution in [2.45, 2.75) is 37.0 Å². The van der Waals surface area contributed by atoms with Crippen molar-refractivity contribution in [3.63, 3.8) is 0 Å². The van der Waals surface area contributed by atoms with Crippen LogP contribution in [-0.2, 0) is 20.4 Å². The molecular weight excluding hydrogens is 366 g/mol. The van der Waals surface area contributed by atoms with Gasteiger partial charge in [-0.15, -0.1) is 11.8 Å².